The van der Waals surface area contributed by atoms with E-state index in [4.69, 9.17) is 0 Å². The Kier molecular flexibility index (Phi) is 5.04. The second-order valence-electron chi connectivity index (χ2n) is 5.95. The van der Waals surface area contributed by atoms with Gasteiger partial charge in [-0.2, -0.15) is 0 Å². The summed E-state index contributed by atoms with van der Waals surface area (Å²) in [6, 6.07) is 21.9. The molecular weight excluding hydrogens is 284 g/mol. The minimum Gasteiger partial charge on any atom is -0.310 e. The van der Waals surface area contributed by atoms with Gasteiger partial charge in [0.2, 0.25) is 0 Å². The third-order valence-electron chi connectivity index (χ3n) is 4.31. The molecule has 23 heavy (non-hydrogen) atoms. The monoisotopic (exact) mass is 306 g/mol. The number of hydrogen-bond acceptors (Lipinski definition) is 1. The van der Waals surface area contributed by atoms with Crippen LogP contribution < -0.4 is 5.32 Å². The zero-order chi connectivity index (χ0) is 16.1. The van der Waals surface area contributed by atoms with E-state index in [1.54, 1.807) is 6.07 Å². The molecule has 1 N–H and O–H groups in total. The van der Waals surface area contributed by atoms with Crippen molar-refractivity contribution in [2.24, 2.45) is 0 Å². The topological polar surface area (TPSA) is 12.0 Å². The molecule has 0 aliphatic carbocycles. The van der Waals surface area contributed by atoms with E-state index in [1.165, 1.54) is 5.56 Å². The number of hydrogen-bond donors (Lipinski definition) is 1. The standard InChI is InChI=1S/C21H22FN/c1-16(23-15-7-10-17-8-3-2-4-9-17)18-13-14-21(22)20-12-6-5-11-19(18)20/h2-6,8-9,11-14,16,23H,7,10,15H2,1H3/t16-/m1/s1/i22-1. The number of nitrogens with one attached hydrogen (secondary N) is 1. The first-order valence-corrected chi connectivity index (χ1v) is 8.20. The molecule has 3 aromatic rings. The second kappa shape index (κ2) is 7.38. The second-order valence-corrected chi connectivity index (χ2v) is 5.95. The Morgan fingerprint density at radius 1 is 0.870 bits per heavy atom. The van der Waals surface area contributed by atoms with Crippen LogP contribution in [0.2, 0.25) is 0 Å². The molecule has 0 saturated carbocycles. The zero-order valence-corrected chi connectivity index (χ0v) is 13.4. The molecule has 118 valence electrons. The van der Waals surface area contributed by atoms with Crippen LogP contribution in [0, 0.1) is 5.82 Å². The molecule has 0 aliphatic heterocycles. The quantitative estimate of drug-likeness (QED) is 0.612. The lowest BCUT2D eigenvalue weighted by Gasteiger charge is -2.17. The van der Waals surface area contributed by atoms with Gasteiger partial charge in [0, 0.05) is 11.4 Å². The zero-order valence-electron chi connectivity index (χ0n) is 13.4. The van der Waals surface area contributed by atoms with Gasteiger partial charge in [0.15, 0.2) is 0 Å². The SMILES string of the molecule is C[C@@H](NCCCc1ccccc1)c1ccc([18F])c2ccccc12. The molecule has 0 radical (unpaired) electrons. The summed E-state index contributed by atoms with van der Waals surface area (Å²) in [6.07, 6.45) is 2.16. The highest BCUT2D eigenvalue weighted by molar-refractivity contribution is 5.86. The molecule has 0 unspecified atom stereocenters. The summed E-state index contributed by atoms with van der Waals surface area (Å²) in [4.78, 5) is 0. The smallest absolute Gasteiger partial charge is 0.131 e. The van der Waals surface area contributed by atoms with Gasteiger partial charge in [-0.25, -0.2) is 4.39 Å². The predicted molar refractivity (Wildman–Crippen MR) is 95.1 cm³/mol. The van der Waals surface area contributed by atoms with Crippen LogP contribution in [-0.2, 0) is 6.42 Å². The number of benzene rings is 3. The Labute approximate surface area is 137 Å². The van der Waals surface area contributed by atoms with Crippen LogP contribution >= 0.6 is 0 Å². The molecule has 0 saturated heterocycles. The third kappa shape index (κ3) is 3.77. The lowest BCUT2D eigenvalue weighted by atomic mass is 9.99. The van der Waals surface area contributed by atoms with Gasteiger partial charge in [0.25, 0.3) is 0 Å². The Bertz CT molecular complexity index is 767. The molecule has 3 aromatic carbocycles. The molecule has 1 atom stereocenters. The Hall–Kier alpha value is -2.19. The van der Waals surface area contributed by atoms with Crippen molar-refractivity contribution in [1.29, 1.82) is 0 Å². The van der Waals surface area contributed by atoms with Crippen molar-refractivity contribution in [1.82, 2.24) is 5.32 Å². The van der Waals surface area contributed by atoms with Gasteiger partial charge >= 0.3 is 0 Å². The van der Waals surface area contributed by atoms with Crippen LogP contribution in [0.5, 0.6) is 0 Å². The van der Waals surface area contributed by atoms with E-state index in [9.17, 15) is 4.39 Å². The number of rotatable bonds is 6. The van der Waals surface area contributed by atoms with Gasteiger partial charge < -0.3 is 5.32 Å². The number of halogens is 1. The molecule has 1 nitrogen and oxygen atoms in total. The lowest BCUT2D eigenvalue weighted by Crippen LogP contribution is -2.20. The molecule has 0 heterocycles. The first kappa shape index (κ1) is 15.7. The average Bonchev–Trinajstić information content (AvgIpc) is 2.60. The van der Waals surface area contributed by atoms with Crippen molar-refractivity contribution in [2.75, 3.05) is 6.54 Å². The molecule has 0 aliphatic rings. The summed E-state index contributed by atoms with van der Waals surface area (Å²) in [7, 11) is 0. The van der Waals surface area contributed by atoms with E-state index in [0.717, 1.165) is 30.3 Å². The maximum absolute atomic E-state index is 13.9. The third-order valence-corrected chi connectivity index (χ3v) is 4.31. The fraction of sp³-hybridized carbons (Fsp3) is 0.238. The minimum absolute atomic E-state index is 0.152. The maximum atomic E-state index is 13.9. The molecule has 0 aromatic heterocycles. The Morgan fingerprint density at radius 3 is 2.35 bits per heavy atom. The Morgan fingerprint density at radius 2 is 1.57 bits per heavy atom. The molecule has 3 rings (SSSR count). The van der Waals surface area contributed by atoms with Crippen LogP contribution in [0.3, 0.4) is 0 Å². The van der Waals surface area contributed by atoms with Crippen LogP contribution in [0.15, 0.2) is 66.7 Å². The van der Waals surface area contributed by atoms with Gasteiger partial charge in [-0.1, -0.05) is 60.7 Å². The van der Waals surface area contributed by atoms with E-state index >= 15 is 0 Å². The van der Waals surface area contributed by atoms with Gasteiger partial charge in [-0.15, -0.1) is 0 Å². The van der Waals surface area contributed by atoms with Crippen LogP contribution in [-0.4, -0.2) is 6.54 Å². The van der Waals surface area contributed by atoms with E-state index < -0.39 is 0 Å². The van der Waals surface area contributed by atoms with Gasteiger partial charge in [0.1, 0.15) is 5.82 Å². The lowest BCUT2D eigenvalue weighted by molar-refractivity contribution is 0.560. The molecular formula is C21H22FN. The van der Waals surface area contributed by atoms with Crippen molar-refractivity contribution >= 4 is 10.8 Å². The number of fused-ring (bicyclic) bond motifs is 1. The van der Waals surface area contributed by atoms with E-state index in [0.29, 0.717) is 5.39 Å². The van der Waals surface area contributed by atoms with Gasteiger partial charge in [-0.05, 0) is 48.9 Å². The summed E-state index contributed by atoms with van der Waals surface area (Å²) in [6.45, 7) is 3.09. The van der Waals surface area contributed by atoms with Crippen molar-refractivity contribution in [3.8, 4) is 0 Å². The molecule has 0 amide bonds. The fourth-order valence-electron chi connectivity index (χ4n) is 3.03. The first-order chi connectivity index (χ1) is 11.3. The van der Waals surface area contributed by atoms with Crippen molar-refractivity contribution in [3.63, 3.8) is 0 Å². The van der Waals surface area contributed by atoms with Gasteiger partial charge in [-0.3, -0.25) is 0 Å². The summed E-state index contributed by atoms with van der Waals surface area (Å²) < 4.78 is 13.9. The van der Waals surface area contributed by atoms with Crippen LogP contribution in [0.4, 0.5) is 4.39 Å². The summed E-state index contributed by atoms with van der Waals surface area (Å²) >= 11 is 0. The molecule has 2 heteroatoms. The van der Waals surface area contributed by atoms with Crippen molar-refractivity contribution in [3.05, 3.63) is 83.7 Å². The minimum atomic E-state index is -0.152. The summed E-state index contributed by atoms with van der Waals surface area (Å²) in [5.74, 6) is -0.152. The Balaban J connectivity index is 1.62. The highest BCUT2D eigenvalue weighted by atomic mass is 18.2. The predicted octanol–water partition coefficient (Wildman–Crippen LogP) is 5.26. The molecule has 0 bridgehead atoms. The van der Waals surface area contributed by atoms with Crippen LogP contribution in [0.1, 0.15) is 30.5 Å². The first-order valence-electron chi connectivity index (χ1n) is 8.20. The highest BCUT2D eigenvalue weighted by Gasteiger charge is 2.10. The number of aryl methyl sites for hydroxylation is 1. The normalized spacial score (nSPS) is 12.4. The summed E-state index contributed by atoms with van der Waals surface area (Å²) in [5, 5.41) is 5.25. The van der Waals surface area contributed by atoms with Crippen molar-refractivity contribution < 1.29 is 4.39 Å². The van der Waals surface area contributed by atoms with Crippen molar-refractivity contribution in [2.45, 2.75) is 25.8 Å². The van der Waals surface area contributed by atoms with Crippen LogP contribution in [0.25, 0.3) is 10.8 Å². The van der Waals surface area contributed by atoms with E-state index in [1.807, 2.05) is 36.4 Å². The fourth-order valence-corrected chi connectivity index (χ4v) is 3.03. The van der Waals surface area contributed by atoms with Gasteiger partial charge in [0.05, 0.1) is 0 Å². The largest absolute Gasteiger partial charge is 0.310 e. The molecule has 0 fully saturated rings. The molecule has 0 spiro atoms. The average molecular weight is 306 g/mol. The maximum Gasteiger partial charge on any atom is 0.131 e. The van der Waals surface area contributed by atoms with E-state index in [2.05, 4.69) is 36.5 Å². The highest BCUT2D eigenvalue weighted by Crippen LogP contribution is 2.26. The summed E-state index contributed by atoms with van der Waals surface area (Å²) in [5.41, 5.74) is 2.52. The van der Waals surface area contributed by atoms with E-state index in [-0.39, 0.29) is 11.9 Å².